The van der Waals surface area contributed by atoms with Gasteiger partial charge in [0, 0.05) is 10.8 Å². The van der Waals surface area contributed by atoms with Crippen molar-refractivity contribution < 1.29 is 9.90 Å². The number of carbonyl (C=O) groups is 1. The minimum atomic E-state index is -0.957. The maximum Gasteiger partial charge on any atom is 0.335 e. The highest BCUT2D eigenvalue weighted by Gasteiger charge is 2.07. The number of benzene rings is 2. The Morgan fingerprint density at radius 2 is 1.65 bits per heavy atom. The van der Waals surface area contributed by atoms with Gasteiger partial charge >= 0.3 is 5.97 Å². The molecule has 3 rings (SSSR count). The summed E-state index contributed by atoms with van der Waals surface area (Å²) in [6.45, 7) is 0. The Morgan fingerprint density at radius 1 is 0.941 bits per heavy atom. The fraction of sp³-hybridized carbons (Fsp3) is 0. The molecule has 0 saturated heterocycles. The number of carboxylic acid groups (broad SMARTS) is 1. The van der Waals surface area contributed by atoms with Crippen LogP contribution in [0.1, 0.15) is 10.4 Å². The fourth-order valence-electron chi connectivity index (χ4n) is 1.87. The molecule has 4 heteroatoms. The van der Waals surface area contributed by atoms with E-state index in [1.54, 1.807) is 12.1 Å². The Bertz CT molecular complexity index is 738. The van der Waals surface area contributed by atoms with Gasteiger partial charge in [0.2, 0.25) is 0 Å². The van der Waals surface area contributed by atoms with Crippen molar-refractivity contribution in [2.24, 2.45) is 0 Å². The number of carboxylic acids is 1. The van der Waals surface area contributed by atoms with Gasteiger partial charge < -0.3 is 5.11 Å². The predicted octanol–water partition coefficient (Wildman–Crippen LogP) is 2.48. The molecule has 0 radical (unpaired) electrons. The second kappa shape index (κ2) is 3.52. The smallest absolute Gasteiger partial charge is 0.335 e. The SMILES string of the molecule is O=C(O)c1ccc2c(c1)nnc1ccccc12. The number of aromatic nitrogens is 2. The second-order valence-corrected chi connectivity index (χ2v) is 3.75. The van der Waals surface area contributed by atoms with Crippen LogP contribution < -0.4 is 0 Å². The Kier molecular flexibility index (Phi) is 2.01. The van der Waals surface area contributed by atoms with E-state index < -0.39 is 5.97 Å². The Morgan fingerprint density at radius 3 is 2.47 bits per heavy atom. The van der Waals surface area contributed by atoms with Crippen molar-refractivity contribution in [2.45, 2.75) is 0 Å². The molecule has 0 aliphatic rings. The Labute approximate surface area is 96.5 Å². The largest absolute Gasteiger partial charge is 0.478 e. The molecule has 0 bridgehead atoms. The van der Waals surface area contributed by atoms with Crippen LogP contribution in [0.15, 0.2) is 42.5 Å². The topological polar surface area (TPSA) is 63.1 Å². The van der Waals surface area contributed by atoms with Crippen molar-refractivity contribution >= 4 is 27.8 Å². The second-order valence-electron chi connectivity index (χ2n) is 3.75. The van der Waals surface area contributed by atoms with E-state index in [2.05, 4.69) is 10.2 Å². The van der Waals surface area contributed by atoms with E-state index in [1.807, 2.05) is 24.3 Å². The normalized spacial score (nSPS) is 10.8. The number of aromatic carboxylic acids is 1. The summed E-state index contributed by atoms with van der Waals surface area (Å²) in [5, 5.41) is 18.9. The molecule has 0 unspecified atom stereocenters. The first-order valence-corrected chi connectivity index (χ1v) is 5.14. The van der Waals surface area contributed by atoms with Crippen molar-refractivity contribution in [1.82, 2.24) is 10.2 Å². The highest BCUT2D eigenvalue weighted by molar-refractivity contribution is 6.05. The zero-order chi connectivity index (χ0) is 11.8. The molecule has 0 saturated carbocycles. The summed E-state index contributed by atoms with van der Waals surface area (Å²) in [5.74, 6) is -0.957. The van der Waals surface area contributed by atoms with Crippen LogP contribution in [0.4, 0.5) is 0 Å². The van der Waals surface area contributed by atoms with Crippen LogP contribution >= 0.6 is 0 Å². The first-order valence-electron chi connectivity index (χ1n) is 5.14. The average Bonchev–Trinajstić information content (AvgIpc) is 2.38. The third kappa shape index (κ3) is 1.50. The molecular formula is C13H8N2O2. The maximum atomic E-state index is 10.9. The molecule has 4 nitrogen and oxygen atoms in total. The van der Waals surface area contributed by atoms with Gasteiger partial charge in [-0.2, -0.15) is 0 Å². The van der Waals surface area contributed by atoms with Crippen LogP contribution in [0.25, 0.3) is 21.8 Å². The van der Waals surface area contributed by atoms with Gasteiger partial charge in [-0.15, -0.1) is 10.2 Å². The summed E-state index contributed by atoms with van der Waals surface area (Å²) < 4.78 is 0. The monoisotopic (exact) mass is 224 g/mol. The first kappa shape index (κ1) is 9.72. The van der Waals surface area contributed by atoms with Crippen LogP contribution in [-0.4, -0.2) is 21.3 Å². The van der Waals surface area contributed by atoms with Crippen molar-refractivity contribution in [3.8, 4) is 0 Å². The average molecular weight is 224 g/mol. The van der Waals surface area contributed by atoms with Gasteiger partial charge in [-0.3, -0.25) is 0 Å². The molecule has 0 spiro atoms. The van der Waals surface area contributed by atoms with E-state index in [4.69, 9.17) is 5.11 Å². The fourth-order valence-corrected chi connectivity index (χ4v) is 1.87. The lowest BCUT2D eigenvalue weighted by Gasteiger charge is -2.02. The van der Waals surface area contributed by atoms with Gasteiger partial charge in [0.05, 0.1) is 16.6 Å². The number of hydrogen-bond donors (Lipinski definition) is 1. The lowest BCUT2D eigenvalue weighted by molar-refractivity contribution is 0.0697. The molecule has 1 heterocycles. The zero-order valence-corrected chi connectivity index (χ0v) is 8.79. The lowest BCUT2D eigenvalue weighted by Crippen LogP contribution is -1.96. The molecule has 3 aromatic rings. The molecule has 17 heavy (non-hydrogen) atoms. The van der Waals surface area contributed by atoms with Crippen LogP contribution in [0.3, 0.4) is 0 Å². The summed E-state index contributed by atoms with van der Waals surface area (Å²) in [7, 11) is 0. The molecular weight excluding hydrogens is 216 g/mol. The highest BCUT2D eigenvalue weighted by Crippen LogP contribution is 2.22. The molecule has 0 atom stereocenters. The number of hydrogen-bond acceptors (Lipinski definition) is 3. The van der Waals surface area contributed by atoms with E-state index >= 15 is 0 Å². The molecule has 0 amide bonds. The minimum Gasteiger partial charge on any atom is -0.478 e. The standard InChI is InChI=1S/C13H8N2O2/c16-13(17)8-5-6-10-9-3-1-2-4-11(9)14-15-12(10)7-8/h1-7H,(H,16,17). The van der Waals surface area contributed by atoms with Crippen LogP contribution in [-0.2, 0) is 0 Å². The summed E-state index contributed by atoms with van der Waals surface area (Å²) in [5.41, 5.74) is 1.63. The van der Waals surface area contributed by atoms with E-state index in [-0.39, 0.29) is 5.56 Å². The van der Waals surface area contributed by atoms with Crippen molar-refractivity contribution in [2.75, 3.05) is 0 Å². The molecule has 1 aromatic heterocycles. The molecule has 0 aliphatic carbocycles. The third-order valence-electron chi connectivity index (χ3n) is 2.70. The highest BCUT2D eigenvalue weighted by atomic mass is 16.4. The van der Waals surface area contributed by atoms with E-state index in [9.17, 15) is 4.79 Å². The van der Waals surface area contributed by atoms with Gasteiger partial charge in [-0.05, 0) is 18.2 Å². The zero-order valence-electron chi connectivity index (χ0n) is 8.79. The summed E-state index contributed by atoms with van der Waals surface area (Å²) >= 11 is 0. The minimum absolute atomic E-state index is 0.224. The number of rotatable bonds is 1. The van der Waals surface area contributed by atoms with Crippen molar-refractivity contribution in [1.29, 1.82) is 0 Å². The van der Waals surface area contributed by atoms with Crippen molar-refractivity contribution in [3.63, 3.8) is 0 Å². The maximum absolute atomic E-state index is 10.9. The summed E-state index contributed by atoms with van der Waals surface area (Å²) in [4.78, 5) is 10.9. The van der Waals surface area contributed by atoms with Gasteiger partial charge in [0.25, 0.3) is 0 Å². The predicted molar refractivity (Wildman–Crippen MR) is 64.0 cm³/mol. The first-order chi connectivity index (χ1) is 8.25. The molecule has 2 aromatic carbocycles. The molecule has 82 valence electrons. The number of nitrogens with zero attached hydrogens (tertiary/aromatic N) is 2. The molecule has 0 aliphatic heterocycles. The van der Waals surface area contributed by atoms with Gasteiger partial charge in [-0.25, -0.2) is 4.79 Å². The van der Waals surface area contributed by atoms with Crippen molar-refractivity contribution in [3.05, 3.63) is 48.0 Å². The van der Waals surface area contributed by atoms with Crippen LogP contribution in [0, 0.1) is 0 Å². The lowest BCUT2D eigenvalue weighted by atomic mass is 10.1. The summed E-state index contributed by atoms with van der Waals surface area (Å²) in [6.07, 6.45) is 0. The van der Waals surface area contributed by atoms with E-state index in [0.29, 0.717) is 5.52 Å². The molecule has 0 fully saturated rings. The van der Waals surface area contributed by atoms with E-state index in [0.717, 1.165) is 16.3 Å². The van der Waals surface area contributed by atoms with Gasteiger partial charge in [-0.1, -0.05) is 24.3 Å². The van der Waals surface area contributed by atoms with Crippen LogP contribution in [0.2, 0.25) is 0 Å². The quantitative estimate of drug-likeness (QED) is 0.645. The summed E-state index contributed by atoms with van der Waals surface area (Å²) in [6, 6.07) is 12.5. The van der Waals surface area contributed by atoms with Crippen LogP contribution in [0.5, 0.6) is 0 Å². The van der Waals surface area contributed by atoms with Gasteiger partial charge in [0.1, 0.15) is 0 Å². The number of fused-ring (bicyclic) bond motifs is 3. The Hall–Kier alpha value is -2.49. The van der Waals surface area contributed by atoms with Gasteiger partial charge in [0.15, 0.2) is 0 Å². The van der Waals surface area contributed by atoms with E-state index in [1.165, 1.54) is 6.07 Å². The molecule has 1 N–H and O–H groups in total. The Balaban J connectivity index is 2.41. The third-order valence-corrected chi connectivity index (χ3v) is 2.70.